The highest BCUT2D eigenvalue weighted by molar-refractivity contribution is 5.63. The van der Waals surface area contributed by atoms with Gasteiger partial charge in [-0.05, 0) is 51.2 Å². The molecule has 0 spiro atoms. The molecule has 2 heterocycles. The number of pyridine rings is 1. The average Bonchev–Trinajstić information content (AvgIpc) is 3.19. The summed E-state index contributed by atoms with van der Waals surface area (Å²) in [5, 5.41) is 9.72. The van der Waals surface area contributed by atoms with Crippen molar-refractivity contribution < 1.29 is 9.15 Å². The summed E-state index contributed by atoms with van der Waals surface area (Å²) >= 11 is 0. The zero-order valence-corrected chi connectivity index (χ0v) is 18.4. The molecule has 4 N–H and O–H groups in total. The molecule has 164 valence electrons. The van der Waals surface area contributed by atoms with Crippen LogP contribution < -0.4 is 16.3 Å². The van der Waals surface area contributed by atoms with E-state index >= 15 is 0 Å². The Bertz CT molecular complexity index is 855. The van der Waals surface area contributed by atoms with Crippen molar-refractivity contribution in [1.29, 1.82) is 0 Å². The largest absolute Gasteiger partial charge is 0.489 e. The minimum atomic E-state index is 0.281. The van der Waals surface area contributed by atoms with Gasteiger partial charge in [0.2, 0.25) is 11.8 Å². The van der Waals surface area contributed by atoms with E-state index in [1.54, 1.807) is 7.05 Å². The molecule has 1 saturated carbocycles. The van der Waals surface area contributed by atoms with Crippen LogP contribution in [-0.4, -0.2) is 33.3 Å². The first-order chi connectivity index (χ1) is 14.5. The summed E-state index contributed by atoms with van der Waals surface area (Å²) < 4.78 is 11.9. The second-order valence-electron chi connectivity index (χ2n) is 8.00. The fourth-order valence-electron chi connectivity index (χ4n) is 3.68. The lowest BCUT2D eigenvalue weighted by molar-refractivity contribution is 0.153. The van der Waals surface area contributed by atoms with Gasteiger partial charge in [-0.25, -0.2) is 10.8 Å². The molecular formula is C22H34N6O2. The summed E-state index contributed by atoms with van der Waals surface area (Å²) in [7, 11) is 1.74. The zero-order valence-electron chi connectivity index (χ0n) is 18.4. The first-order valence-corrected chi connectivity index (χ1v) is 10.9. The molecule has 8 heteroatoms. The molecule has 1 fully saturated rings. The predicted octanol–water partition coefficient (Wildman–Crippen LogP) is 3.50. The Labute approximate surface area is 178 Å². The second kappa shape index (κ2) is 10.4. The van der Waals surface area contributed by atoms with Crippen LogP contribution in [-0.2, 0) is 12.8 Å². The van der Waals surface area contributed by atoms with Gasteiger partial charge >= 0.3 is 0 Å². The van der Waals surface area contributed by atoms with Gasteiger partial charge in [-0.1, -0.05) is 19.8 Å². The molecule has 3 rings (SSSR count). The molecule has 30 heavy (non-hydrogen) atoms. The van der Waals surface area contributed by atoms with Gasteiger partial charge in [0.1, 0.15) is 5.75 Å². The van der Waals surface area contributed by atoms with Crippen molar-refractivity contribution in [1.82, 2.24) is 20.2 Å². The molecule has 0 aromatic carbocycles. The van der Waals surface area contributed by atoms with Crippen molar-refractivity contribution in [3.8, 4) is 5.75 Å². The monoisotopic (exact) mass is 414 g/mol. The van der Waals surface area contributed by atoms with Gasteiger partial charge in [0, 0.05) is 13.5 Å². The van der Waals surface area contributed by atoms with E-state index in [2.05, 4.69) is 22.1 Å². The number of aryl methyl sites for hydroxylation is 2. The maximum absolute atomic E-state index is 6.44. The molecular weight excluding hydrogens is 380 g/mol. The normalized spacial score (nSPS) is 15.7. The minimum Gasteiger partial charge on any atom is -0.489 e. The van der Waals surface area contributed by atoms with Crippen LogP contribution in [0, 0.1) is 6.92 Å². The number of nitrogens with two attached hydrogens (primary N) is 2. The Balaban J connectivity index is 1.76. The van der Waals surface area contributed by atoms with E-state index < -0.39 is 0 Å². The Morgan fingerprint density at radius 1 is 1.20 bits per heavy atom. The Hall–Kier alpha value is -2.61. The number of hydrogen-bond donors (Lipinski definition) is 2. The molecule has 0 unspecified atom stereocenters. The topological polar surface area (TPSA) is 116 Å². The SMILES string of the molecule is CCCCc1nnc(C/C(=C(/N)c2ccc(OC3CCCCC3)c(C)n2)N(C)N)o1. The highest BCUT2D eigenvalue weighted by atomic mass is 16.5. The van der Waals surface area contributed by atoms with Crippen LogP contribution >= 0.6 is 0 Å². The van der Waals surface area contributed by atoms with Crippen molar-refractivity contribution in [3.05, 3.63) is 41.0 Å². The van der Waals surface area contributed by atoms with Crippen molar-refractivity contribution in [2.75, 3.05) is 7.05 Å². The second-order valence-corrected chi connectivity index (χ2v) is 8.00. The van der Waals surface area contributed by atoms with Crippen molar-refractivity contribution in [2.45, 2.75) is 77.7 Å². The number of likely N-dealkylation sites (N-methyl/N-ethyl adjacent to an activating group) is 1. The number of nitrogens with zero attached hydrogens (tertiary/aromatic N) is 4. The summed E-state index contributed by atoms with van der Waals surface area (Å²) in [5.74, 6) is 8.01. The van der Waals surface area contributed by atoms with Gasteiger partial charge in [-0.15, -0.1) is 10.2 Å². The summed E-state index contributed by atoms with van der Waals surface area (Å²) in [5.41, 5.74) is 9.08. The fraction of sp³-hybridized carbons (Fsp3) is 0.591. The highest BCUT2D eigenvalue weighted by Gasteiger charge is 2.18. The lowest BCUT2D eigenvalue weighted by atomic mass is 9.98. The van der Waals surface area contributed by atoms with E-state index in [9.17, 15) is 0 Å². The van der Waals surface area contributed by atoms with E-state index in [0.29, 0.717) is 35.3 Å². The Kier molecular flexibility index (Phi) is 7.68. The van der Waals surface area contributed by atoms with Crippen molar-refractivity contribution >= 4 is 5.70 Å². The lowest BCUT2D eigenvalue weighted by Crippen LogP contribution is -2.29. The Morgan fingerprint density at radius 2 is 1.93 bits per heavy atom. The first kappa shape index (κ1) is 22.1. The molecule has 0 aliphatic heterocycles. The van der Waals surface area contributed by atoms with Gasteiger partial charge < -0.3 is 19.9 Å². The molecule has 1 aliphatic rings. The standard InChI is InChI=1S/C22H34N6O2/c1-4-5-11-20-26-27-21(30-20)14-18(28(3)24)22(23)17-12-13-19(15(2)25-17)29-16-9-7-6-8-10-16/h12-13,16H,4-11,14,23-24H2,1-3H3/b22-18-. The van der Waals surface area contributed by atoms with Gasteiger partial charge in [-0.3, -0.25) is 0 Å². The van der Waals surface area contributed by atoms with E-state index in [0.717, 1.165) is 43.5 Å². The average molecular weight is 415 g/mol. The van der Waals surface area contributed by atoms with E-state index in [1.165, 1.54) is 24.3 Å². The minimum absolute atomic E-state index is 0.281. The maximum atomic E-state index is 6.44. The maximum Gasteiger partial charge on any atom is 0.222 e. The van der Waals surface area contributed by atoms with Crippen LogP contribution in [0.5, 0.6) is 5.75 Å². The number of rotatable bonds is 9. The number of hydrazine groups is 1. The first-order valence-electron chi connectivity index (χ1n) is 10.9. The number of allylic oxidation sites excluding steroid dienone is 1. The molecule has 8 nitrogen and oxygen atoms in total. The summed E-state index contributed by atoms with van der Waals surface area (Å²) in [6.07, 6.45) is 9.47. The number of aromatic nitrogens is 3. The van der Waals surface area contributed by atoms with E-state index in [4.69, 9.17) is 20.7 Å². The van der Waals surface area contributed by atoms with Crippen LogP contribution in [0.3, 0.4) is 0 Å². The fourth-order valence-corrected chi connectivity index (χ4v) is 3.68. The molecule has 0 amide bonds. The molecule has 0 saturated heterocycles. The van der Waals surface area contributed by atoms with Crippen molar-refractivity contribution in [2.24, 2.45) is 11.6 Å². The summed E-state index contributed by atoms with van der Waals surface area (Å²) in [6, 6.07) is 3.83. The van der Waals surface area contributed by atoms with Gasteiger partial charge in [0.15, 0.2) is 0 Å². The molecule has 0 bridgehead atoms. The van der Waals surface area contributed by atoms with Crippen LogP contribution in [0.2, 0.25) is 0 Å². The zero-order chi connectivity index (χ0) is 21.5. The van der Waals surface area contributed by atoms with Crippen LogP contribution in [0.4, 0.5) is 0 Å². The predicted molar refractivity (Wildman–Crippen MR) is 116 cm³/mol. The highest BCUT2D eigenvalue weighted by Crippen LogP contribution is 2.26. The number of unbranched alkanes of at least 4 members (excludes halogenated alkanes) is 1. The molecule has 0 atom stereocenters. The van der Waals surface area contributed by atoms with Gasteiger partial charge in [-0.2, -0.15) is 0 Å². The Morgan fingerprint density at radius 3 is 2.60 bits per heavy atom. The van der Waals surface area contributed by atoms with E-state index in [-0.39, 0.29) is 6.10 Å². The van der Waals surface area contributed by atoms with Gasteiger partial charge in [0.25, 0.3) is 0 Å². The molecule has 2 aromatic rings. The third-order valence-corrected chi connectivity index (χ3v) is 5.47. The molecule has 1 aliphatic carbocycles. The summed E-state index contributed by atoms with van der Waals surface area (Å²) in [6.45, 7) is 4.07. The smallest absolute Gasteiger partial charge is 0.222 e. The van der Waals surface area contributed by atoms with E-state index in [1.807, 2.05) is 19.1 Å². The summed E-state index contributed by atoms with van der Waals surface area (Å²) in [4.78, 5) is 4.67. The quantitative estimate of drug-likeness (QED) is 0.473. The third kappa shape index (κ3) is 5.72. The number of hydrogen-bond acceptors (Lipinski definition) is 8. The number of ether oxygens (including phenoxy) is 1. The molecule has 0 radical (unpaired) electrons. The van der Waals surface area contributed by atoms with Crippen LogP contribution in [0.25, 0.3) is 5.70 Å². The van der Waals surface area contributed by atoms with Crippen LogP contribution in [0.1, 0.15) is 75.0 Å². The molecule has 2 aromatic heterocycles. The van der Waals surface area contributed by atoms with Crippen LogP contribution in [0.15, 0.2) is 22.2 Å². The van der Waals surface area contributed by atoms with Crippen molar-refractivity contribution in [3.63, 3.8) is 0 Å². The van der Waals surface area contributed by atoms with Gasteiger partial charge in [0.05, 0.1) is 35.3 Å². The lowest BCUT2D eigenvalue weighted by Gasteiger charge is -2.24. The third-order valence-electron chi connectivity index (χ3n) is 5.47.